The van der Waals surface area contributed by atoms with Crippen LogP contribution in [-0.2, 0) is 11.0 Å². The van der Waals surface area contributed by atoms with Gasteiger partial charge in [0.15, 0.2) is 0 Å². The van der Waals surface area contributed by atoms with Crippen molar-refractivity contribution in [3.05, 3.63) is 58.1 Å². The summed E-state index contributed by atoms with van der Waals surface area (Å²) < 4.78 is 43.9. The maximum absolute atomic E-state index is 12.7. The number of halogens is 4. The van der Waals surface area contributed by atoms with Crippen LogP contribution in [0.3, 0.4) is 0 Å². The van der Waals surface area contributed by atoms with Gasteiger partial charge >= 0.3 is 12.1 Å². The van der Waals surface area contributed by atoms with Crippen molar-refractivity contribution < 1.29 is 22.7 Å². The molecule has 8 heteroatoms. The zero-order chi connectivity index (χ0) is 23.0. The number of likely N-dealkylation sites (N-methyl/N-ethyl adjacent to an activating group) is 1. The van der Waals surface area contributed by atoms with E-state index in [0.29, 0.717) is 12.3 Å². The van der Waals surface area contributed by atoms with Crippen LogP contribution in [0.2, 0.25) is 5.02 Å². The number of anilines is 1. The number of carbonyl (C=O) groups is 1. The standard InChI is InChI=1S/C23H24ClF3N2O2/c1-4-29(5-2)12-13-31-21-10-9-19(14-16(21)3)28-22(30)11-7-17-6-8-18(15-20(17)24)23(25,26)27/h6,8-10,14-15H,4-5,12-13H2,1-3H3,(H,28,30). The predicted molar refractivity (Wildman–Crippen MR) is 116 cm³/mol. The van der Waals surface area contributed by atoms with Gasteiger partial charge in [0.2, 0.25) is 0 Å². The molecule has 0 spiro atoms. The summed E-state index contributed by atoms with van der Waals surface area (Å²) in [5, 5.41) is 2.46. The van der Waals surface area contributed by atoms with Crippen molar-refractivity contribution in [2.24, 2.45) is 0 Å². The smallest absolute Gasteiger partial charge is 0.416 e. The van der Waals surface area contributed by atoms with Gasteiger partial charge in [-0.2, -0.15) is 13.2 Å². The lowest BCUT2D eigenvalue weighted by atomic mass is 10.1. The molecule has 0 aliphatic heterocycles. The highest BCUT2D eigenvalue weighted by Crippen LogP contribution is 2.31. The summed E-state index contributed by atoms with van der Waals surface area (Å²) in [5.74, 6) is 4.96. The Morgan fingerprint density at radius 2 is 1.87 bits per heavy atom. The van der Waals surface area contributed by atoms with Crippen LogP contribution in [0.5, 0.6) is 5.75 Å². The lowest BCUT2D eigenvalue weighted by Crippen LogP contribution is -2.28. The first kappa shape index (κ1) is 24.6. The molecular formula is C23H24ClF3N2O2. The van der Waals surface area contributed by atoms with E-state index in [1.165, 1.54) is 0 Å². The van der Waals surface area contributed by atoms with Gasteiger partial charge in [0.25, 0.3) is 0 Å². The third-order valence-corrected chi connectivity index (χ3v) is 4.91. The third kappa shape index (κ3) is 7.50. The minimum atomic E-state index is -4.49. The van der Waals surface area contributed by atoms with Crippen LogP contribution in [0.15, 0.2) is 36.4 Å². The Morgan fingerprint density at radius 3 is 2.45 bits per heavy atom. The highest BCUT2D eigenvalue weighted by molar-refractivity contribution is 6.31. The Bertz CT molecular complexity index is 977. The quantitative estimate of drug-likeness (QED) is 0.573. The normalized spacial score (nSPS) is 11.1. The van der Waals surface area contributed by atoms with Gasteiger partial charge in [-0.25, -0.2) is 0 Å². The summed E-state index contributed by atoms with van der Waals surface area (Å²) in [6.45, 7) is 9.38. The van der Waals surface area contributed by atoms with Gasteiger partial charge in [-0.05, 0) is 62.0 Å². The van der Waals surface area contributed by atoms with Gasteiger partial charge in [-0.15, -0.1) is 0 Å². The monoisotopic (exact) mass is 452 g/mol. The molecule has 0 aromatic heterocycles. The third-order valence-electron chi connectivity index (χ3n) is 4.60. The summed E-state index contributed by atoms with van der Waals surface area (Å²) in [6, 6.07) is 8.02. The second kappa shape index (κ2) is 11.1. The fourth-order valence-corrected chi connectivity index (χ4v) is 3.02. The van der Waals surface area contributed by atoms with Crippen LogP contribution in [0, 0.1) is 18.8 Å². The lowest BCUT2D eigenvalue weighted by Gasteiger charge is -2.18. The van der Waals surface area contributed by atoms with E-state index >= 15 is 0 Å². The maximum Gasteiger partial charge on any atom is 0.416 e. The average molecular weight is 453 g/mol. The molecule has 0 fully saturated rings. The molecule has 0 radical (unpaired) electrons. The number of amides is 1. The van der Waals surface area contributed by atoms with Crippen LogP contribution in [-0.4, -0.2) is 37.0 Å². The number of benzene rings is 2. The minimum absolute atomic E-state index is 0.137. The molecule has 0 heterocycles. The zero-order valence-electron chi connectivity index (χ0n) is 17.6. The molecule has 1 amide bonds. The van der Waals surface area contributed by atoms with Crippen LogP contribution in [0.4, 0.5) is 18.9 Å². The molecule has 0 aliphatic rings. The molecule has 31 heavy (non-hydrogen) atoms. The van der Waals surface area contributed by atoms with Gasteiger partial charge in [-0.1, -0.05) is 31.4 Å². The van der Waals surface area contributed by atoms with E-state index in [0.717, 1.165) is 49.1 Å². The molecule has 0 unspecified atom stereocenters. The number of ether oxygens (including phenoxy) is 1. The van der Waals surface area contributed by atoms with E-state index in [1.807, 2.05) is 6.92 Å². The first-order chi connectivity index (χ1) is 14.6. The Balaban J connectivity index is 1.98. The molecule has 2 aromatic rings. The summed E-state index contributed by atoms with van der Waals surface area (Å²) in [6.07, 6.45) is -4.49. The fourth-order valence-electron chi connectivity index (χ4n) is 2.79. The molecule has 2 rings (SSSR count). The number of hydrogen-bond donors (Lipinski definition) is 1. The molecule has 0 bridgehead atoms. The molecule has 0 atom stereocenters. The lowest BCUT2D eigenvalue weighted by molar-refractivity contribution is -0.137. The maximum atomic E-state index is 12.7. The van der Waals surface area contributed by atoms with Crippen molar-refractivity contribution in [3.8, 4) is 17.6 Å². The molecule has 2 aromatic carbocycles. The molecule has 0 saturated carbocycles. The predicted octanol–water partition coefficient (Wildman–Crippen LogP) is 5.38. The van der Waals surface area contributed by atoms with E-state index in [1.54, 1.807) is 18.2 Å². The summed E-state index contributed by atoms with van der Waals surface area (Å²) in [5.41, 5.74) is 0.655. The van der Waals surface area contributed by atoms with Crippen molar-refractivity contribution in [3.63, 3.8) is 0 Å². The van der Waals surface area contributed by atoms with Gasteiger partial charge in [-0.3, -0.25) is 4.79 Å². The van der Waals surface area contributed by atoms with Crippen molar-refractivity contribution in [1.29, 1.82) is 0 Å². The Morgan fingerprint density at radius 1 is 1.16 bits per heavy atom. The van der Waals surface area contributed by atoms with Gasteiger partial charge in [0, 0.05) is 23.7 Å². The number of nitrogens with one attached hydrogen (secondary N) is 1. The number of hydrogen-bond acceptors (Lipinski definition) is 3. The number of carbonyl (C=O) groups excluding carboxylic acids is 1. The average Bonchev–Trinajstić information content (AvgIpc) is 2.71. The first-order valence-corrected chi connectivity index (χ1v) is 10.2. The second-order valence-electron chi connectivity index (χ2n) is 6.75. The van der Waals surface area contributed by atoms with E-state index in [9.17, 15) is 18.0 Å². The van der Waals surface area contributed by atoms with Gasteiger partial charge in [0.05, 0.1) is 10.6 Å². The number of aryl methyl sites for hydroxylation is 1. The Kier molecular flexibility index (Phi) is 8.78. The SMILES string of the molecule is CCN(CC)CCOc1ccc(NC(=O)C#Cc2ccc(C(F)(F)F)cc2Cl)cc1C. The van der Waals surface area contributed by atoms with Crippen LogP contribution in [0.1, 0.15) is 30.5 Å². The Hall–Kier alpha value is -2.69. The van der Waals surface area contributed by atoms with Crippen molar-refractivity contribution in [1.82, 2.24) is 4.90 Å². The highest BCUT2D eigenvalue weighted by atomic mass is 35.5. The number of rotatable bonds is 7. The molecule has 1 N–H and O–H groups in total. The van der Waals surface area contributed by atoms with Crippen molar-refractivity contribution in [2.45, 2.75) is 26.9 Å². The van der Waals surface area contributed by atoms with Crippen LogP contribution >= 0.6 is 11.6 Å². The Labute approximate surface area is 185 Å². The van der Waals surface area contributed by atoms with Crippen molar-refractivity contribution >= 4 is 23.2 Å². The minimum Gasteiger partial charge on any atom is -0.492 e. The van der Waals surface area contributed by atoms with E-state index in [-0.39, 0.29) is 10.6 Å². The molecule has 0 saturated heterocycles. The number of nitrogens with zero attached hydrogens (tertiary/aromatic N) is 1. The topological polar surface area (TPSA) is 41.6 Å². The molecule has 0 aliphatic carbocycles. The van der Waals surface area contributed by atoms with Crippen LogP contribution < -0.4 is 10.1 Å². The van der Waals surface area contributed by atoms with Gasteiger partial charge < -0.3 is 15.0 Å². The summed E-state index contributed by atoms with van der Waals surface area (Å²) >= 11 is 5.85. The highest BCUT2D eigenvalue weighted by Gasteiger charge is 2.30. The summed E-state index contributed by atoms with van der Waals surface area (Å²) in [7, 11) is 0. The largest absolute Gasteiger partial charge is 0.492 e. The molecule has 166 valence electrons. The first-order valence-electron chi connectivity index (χ1n) is 9.79. The van der Waals surface area contributed by atoms with E-state index in [4.69, 9.17) is 16.3 Å². The van der Waals surface area contributed by atoms with Crippen LogP contribution in [0.25, 0.3) is 0 Å². The number of alkyl halides is 3. The second-order valence-corrected chi connectivity index (χ2v) is 7.16. The fraction of sp³-hybridized carbons (Fsp3) is 0.348. The van der Waals surface area contributed by atoms with E-state index < -0.39 is 17.6 Å². The van der Waals surface area contributed by atoms with Crippen molar-refractivity contribution in [2.75, 3.05) is 31.6 Å². The zero-order valence-corrected chi connectivity index (χ0v) is 18.3. The van der Waals surface area contributed by atoms with E-state index in [2.05, 4.69) is 35.9 Å². The summed E-state index contributed by atoms with van der Waals surface area (Å²) in [4.78, 5) is 14.3. The van der Waals surface area contributed by atoms with Gasteiger partial charge in [0.1, 0.15) is 12.4 Å². The molecular weight excluding hydrogens is 429 g/mol. The molecule has 4 nitrogen and oxygen atoms in total.